The van der Waals surface area contributed by atoms with Gasteiger partial charge in [-0.2, -0.15) is 0 Å². The van der Waals surface area contributed by atoms with E-state index < -0.39 is 15.8 Å². The third-order valence-electron chi connectivity index (χ3n) is 2.78. The number of halogens is 1. The second-order valence-corrected chi connectivity index (χ2v) is 6.26. The summed E-state index contributed by atoms with van der Waals surface area (Å²) in [5, 5.41) is 0. The van der Waals surface area contributed by atoms with Crippen LogP contribution >= 0.6 is 0 Å². The van der Waals surface area contributed by atoms with Gasteiger partial charge in [-0.3, -0.25) is 0 Å². The van der Waals surface area contributed by atoms with Crippen molar-refractivity contribution in [2.75, 3.05) is 0 Å². The summed E-state index contributed by atoms with van der Waals surface area (Å²) in [6, 6.07) is 2.38. The molecule has 108 valence electrons. The zero-order valence-corrected chi connectivity index (χ0v) is 12.2. The molecule has 7 heteroatoms. The minimum absolute atomic E-state index is 0.0492. The summed E-state index contributed by atoms with van der Waals surface area (Å²) in [6.07, 6.45) is 1.51. The van der Waals surface area contributed by atoms with E-state index in [1.807, 2.05) is 0 Å². The second kappa shape index (κ2) is 5.34. The first-order chi connectivity index (χ1) is 9.29. The van der Waals surface area contributed by atoms with Crippen LogP contribution in [0.25, 0.3) is 0 Å². The zero-order chi connectivity index (χ0) is 14.9. The van der Waals surface area contributed by atoms with E-state index in [0.29, 0.717) is 16.9 Å². The zero-order valence-electron chi connectivity index (χ0n) is 11.4. The molecule has 2 aromatic rings. The summed E-state index contributed by atoms with van der Waals surface area (Å²) in [7, 11) is -3.74. The Hall–Kier alpha value is -1.73. The molecule has 0 aliphatic rings. The van der Waals surface area contributed by atoms with Crippen molar-refractivity contribution in [1.82, 2.24) is 9.71 Å². The predicted octanol–water partition coefficient (Wildman–Crippen LogP) is 2.22. The molecular formula is C13H15FN2O3S. The lowest BCUT2D eigenvalue weighted by Crippen LogP contribution is -2.25. The van der Waals surface area contributed by atoms with Crippen LogP contribution in [0.4, 0.5) is 4.39 Å². The maximum Gasteiger partial charge on any atom is 0.241 e. The van der Waals surface area contributed by atoms with Gasteiger partial charge in [-0.15, -0.1) is 0 Å². The molecule has 0 spiro atoms. The van der Waals surface area contributed by atoms with Gasteiger partial charge in [-0.05, 0) is 44.0 Å². The first-order valence-corrected chi connectivity index (χ1v) is 7.45. The Morgan fingerprint density at radius 2 is 1.85 bits per heavy atom. The van der Waals surface area contributed by atoms with Crippen LogP contribution in [-0.4, -0.2) is 13.4 Å². The Balaban J connectivity index is 2.27. The smallest absolute Gasteiger partial charge is 0.241 e. The molecule has 1 N–H and O–H groups in total. The van der Waals surface area contributed by atoms with Crippen LogP contribution in [0.2, 0.25) is 0 Å². The molecule has 0 unspecified atom stereocenters. The Morgan fingerprint density at radius 3 is 2.35 bits per heavy atom. The number of oxazole rings is 1. The molecule has 0 bridgehead atoms. The van der Waals surface area contributed by atoms with Crippen molar-refractivity contribution in [3.05, 3.63) is 46.9 Å². The van der Waals surface area contributed by atoms with Crippen LogP contribution in [-0.2, 0) is 16.6 Å². The van der Waals surface area contributed by atoms with Crippen molar-refractivity contribution >= 4 is 10.0 Å². The summed E-state index contributed by atoms with van der Waals surface area (Å²) in [6.45, 7) is 4.78. The normalized spacial score (nSPS) is 11.8. The molecule has 0 aliphatic heterocycles. The summed E-state index contributed by atoms with van der Waals surface area (Å²) in [5.41, 5.74) is 0.720. The molecular weight excluding hydrogens is 283 g/mol. The molecule has 20 heavy (non-hydrogen) atoms. The highest BCUT2D eigenvalue weighted by Crippen LogP contribution is 2.21. The minimum Gasteiger partial charge on any atom is -0.445 e. The number of aromatic nitrogens is 1. The monoisotopic (exact) mass is 298 g/mol. The van der Waals surface area contributed by atoms with E-state index in [2.05, 4.69) is 9.71 Å². The van der Waals surface area contributed by atoms with E-state index in [-0.39, 0.29) is 17.3 Å². The van der Waals surface area contributed by atoms with Gasteiger partial charge in [0.2, 0.25) is 15.9 Å². The number of nitrogens with zero attached hydrogens (tertiary/aromatic N) is 1. The number of rotatable bonds is 4. The number of hydrogen-bond donors (Lipinski definition) is 1. The number of hydrogen-bond acceptors (Lipinski definition) is 4. The van der Waals surface area contributed by atoms with Crippen LogP contribution in [0, 0.1) is 26.6 Å². The van der Waals surface area contributed by atoms with Gasteiger partial charge in [0.25, 0.3) is 0 Å². The van der Waals surface area contributed by atoms with Gasteiger partial charge >= 0.3 is 0 Å². The van der Waals surface area contributed by atoms with E-state index in [9.17, 15) is 12.8 Å². The number of sulfonamides is 1. The van der Waals surface area contributed by atoms with Crippen LogP contribution in [0.15, 0.2) is 27.6 Å². The van der Waals surface area contributed by atoms with Crippen LogP contribution in [0.1, 0.15) is 22.8 Å². The minimum atomic E-state index is -3.74. The van der Waals surface area contributed by atoms with Gasteiger partial charge in [0.15, 0.2) is 0 Å². The van der Waals surface area contributed by atoms with Gasteiger partial charge in [0, 0.05) is 0 Å². The van der Waals surface area contributed by atoms with Gasteiger partial charge in [0.1, 0.15) is 11.6 Å². The molecule has 1 aromatic heterocycles. The Labute approximate surface area is 116 Å². The first-order valence-electron chi connectivity index (χ1n) is 5.97. The summed E-state index contributed by atoms with van der Waals surface area (Å²) >= 11 is 0. The number of aryl methyl sites for hydroxylation is 3. The predicted molar refractivity (Wildman–Crippen MR) is 71.1 cm³/mol. The quantitative estimate of drug-likeness (QED) is 0.939. The molecule has 1 aromatic carbocycles. The molecule has 0 aliphatic carbocycles. The van der Waals surface area contributed by atoms with Gasteiger partial charge in [0.05, 0.1) is 17.6 Å². The van der Waals surface area contributed by atoms with Gasteiger partial charge < -0.3 is 4.42 Å². The van der Waals surface area contributed by atoms with Crippen molar-refractivity contribution in [1.29, 1.82) is 0 Å². The summed E-state index contributed by atoms with van der Waals surface area (Å²) in [4.78, 5) is 4.00. The topological polar surface area (TPSA) is 72.2 Å². The molecule has 2 rings (SSSR count). The van der Waals surface area contributed by atoms with Crippen molar-refractivity contribution in [3.63, 3.8) is 0 Å². The molecule has 0 amide bonds. The van der Waals surface area contributed by atoms with Crippen LogP contribution in [0.3, 0.4) is 0 Å². The lowest BCUT2D eigenvalue weighted by Gasteiger charge is -2.11. The van der Waals surface area contributed by atoms with Gasteiger partial charge in [-0.1, -0.05) is 0 Å². The lowest BCUT2D eigenvalue weighted by atomic mass is 10.1. The van der Waals surface area contributed by atoms with E-state index in [0.717, 1.165) is 0 Å². The third-order valence-corrected chi connectivity index (χ3v) is 4.48. The highest BCUT2D eigenvalue weighted by molar-refractivity contribution is 7.89. The third kappa shape index (κ3) is 3.05. The van der Waals surface area contributed by atoms with Crippen molar-refractivity contribution in [2.45, 2.75) is 32.2 Å². The standard InChI is InChI=1S/C13H15FN2O3S/c1-8-4-11(14)5-9(2)13(8)20(17,18)16-7-12-15-6-10(3)19-12/h4-6,16H,7H2,1-3H3. The fraction of sp³-hybridized carbons (Fsp3) is 0.308. The SMILES string of the molecule is Cc1cnc(CNS(=O)(=O)c2c(C)cc(F)cc2C)o1. The highest BCUT2D eigenvalue weighted by Gasteiger charge is 2.20. The van der Waals surface area contributed by atoms with E-state index in [4.69, 9.17) is 4.42 Å². The fourth-order valence-electron chi connectivity index (χ4n) is 2.03. The number of benzene rings is 1. The Kier molecular flexibility index (Phi) is 3.92. The molecule has 5 nitrogen and oxygen atoms in total. The molecule has 0 fully saturated rings. The van der Waals surface area contributed by atoms with E-state index in [1.54, 1.807) is 20.8 Å². The summed E-state index contributed by atoms with van der Waals surface area (Å²) in [5.74, 6) is 0.430. The van der Waals surface area contributed by atoms with Crippen molar-refractivity contribution in [3.8, 4) is 0 Å². The van der Waals surface area contributed by atoms with E-state index in [1.165, 1.54) is 18.3 Å². The molecule has 0 radical (unpaired) electrons. The van der Waals surface area contributed by atoms with Crippen LogP contribution < -0.4 is 4.72 Å². The van der Waals surface area contributed by atoms with Gasteiger partial charge in [-0.25, -0.2) is 22.5 Å². The van der Waals surface area contributed by atoms with Crippen LogP contribution in [0.5, 0.6) is 0 Å². The largest absolute Gasteiger partial charge is 0.445 e. The molecule has 0 saturated carbocycles. The second-order valence-electron chi connectivity index (χ2n) is 4.56. The fourth-order valence-corrected chi connectivity index (χ4v) is 3.46. The molecule has 0 atom stereocenters. The first kappa shape index (κ1) is 14.7. The van der Waals surface area contributed by atoms with Crippen molar-refractivity contribution < 1.29 is 17.2 Å². The van der Waals surface area contributed by atoms with Crippen molar-refractivity contribution in [2.24, 2.45) is 0 Å². The maximum atomic E-state index is 13.2. The highest BCUT2D eigenvalue weighted by atomic mass is 32.2. The average Bonchev–Trinajstić information content (AvgIpc) is 2.71. The Morgan fingerprint density at radius 1 is 1.25 bits per heavy atom. The molecule has 0 saturated heterocycles. The van der Waals surface area contributed by atoms with E-state index >= 15 is 0 Å². The maximum absolute atomic E-state index is 13.2. The number of nitrogens with one attached hydrogen (secondary N) is 1. The molecule has 1 heterocycles. The lowest BCUT2D eigenvalue weighted by molar-refractivity contribution is 0.463. The Bertz CT molecular complexity index is 715. The summed E-state index contributed by atoms with van der Waals surface area (Å²) < 4.78 is 45.3. The average molecular weight is 298 g/mol.